The first-order chi connectivity index (χ1) is 15.0. The number of para-hydroxylation sites is 1. The van der Waals surface area contributed by atoms with E-state index < -0.39 is 0 Å². The van der Waals surface area contributed by atoms with Crippen LogP contribution in [0.2, 0.25) is 0 Å². The molecule has 5 nitrogen and oxygen atoms in total. The smallest absolute Gasteiger partial charge is 0.158 e. The maximum atomic E-state index is 8.93. The topological polar surface area (TPSA) is 72.6 Å². The fourth-order valence-corrected chi connectivity index (χ4v) is 3.86. The molecule has 31 heavy (non-hydrogen) atoms. The van der Waals surface area contributed by atoms with E-state index in [0.717, 1.165) is 28.0 Å². The number of nitrogen functional groups attached to an aromatic ring is 1. The molecule has 3 aromatic carbocycles. The molecule has 0 unspecified atom stereocenters. The van der Waals surface area contributed by atoms with Crippen molar-refractivity contribution in [2.24, 2.45) is 0 Å². The molecule has 0 amide bonds. The minimum atomic E-state index is 0.264. The molecule has 0 radical (unpaired) electrons. The summed E-state index contributed by atoms with van der Waals surface area (Å²) in [6.07, 6.45) is 1.99. The van der Waals surface area contributed by atoms with Gasteiger partial charge in [-0.15, -0.1) is 0 Å². The molecule has 5 heteroatoms. The normalized spacial score (nSPS) is 11.2. The van der Waals surface area contributed by atoms with Crippen LogP contribution in [0.3, 0.4) is 0 Å². The number of benzene rings is 3. The Morgan fingerprint density at radius 2 is 1.39 bits per heavy atom. The average Bonchev–Trinajstić information content (AvgIpc) is 3.14. The van der Waals surface area contributed by atoms with Crippen molar-refractivity contribution in [3.63, 3.8) is 0 Å². The Morgan fingerprint density at radius 1 is 0.774 bits per heavy atom. The predicted octanol–water partition coefficient (Wildman–Crippen LogP) is 5.16. The molecule has 5 aromatic rings. The van der Waals surface area contributed by atoms with Crippen LogP contribution in [-0.4, -0.2) is 14.3 Å². The van der Waals surface area contributed by atoms with Crippen molar-refractivity contribution in [2.75, 3.05) is 5.73 Å². The summed E-state index contributed by atoms with van der Waals surface area (Å²) in [5.74, 6) is 0.532. The molecule has 0 aliphatic carbocycles. The van der Waals surface area contributed by atoms with Gasteiger partial charge < -0.3 is 10.3 Å². The van der Waals surface area contributed by atoms with Crippen molar-refractivity contribution in [2.45, 2.75) is 13.8 Å². The molecule has 0 spiro atoms. The number of aromatic nitrogens is 3. The van der Waals surface area contributed by atoms with Gasteiger partial charge in [0.1, 0.15) is 11.5 Å². The molecule has 0 aliphatic rings. The SMILES string of the molecule is Cc1ccc(-c2nn(-c3ccccc3)c(=N)c3c(N)n(-c4ccc(C)cc4)cc23)cc1. The third kappa shape index (κ3) is 3.20. The summed E-state index contributed by atoms with van der Waals surface area (Å²) in [7, 11) is 0. The van der Waals surface area contributed by atoms with Gasteiger partial charge in [-0.3, -0.25) is 5.41 Å². The lowest BCUT2D eigenvalue weighted by molar-refractivity contribution is 0.794. The van der Waals surface area contributed by atoms with Crippen LogP contribution in [0.15, 0.2) is 85.1 Å². The van der Waals surface area contributed by atoms with Gasteiger partial charge in [-0.05, 0) is 38.1 Å². The number of anilines is 1. The summed E-state index contributed by atoms with van der Waals surface area (Å²) in [5, 5.41) is 15.4. The molecular weight excluding hydrogens is 382 g/mol. The van der Waals surface area contributed by atoms with Gasteiger partial charge in [-0.25, -0.2) is 4.68 Å². The van der Waals surface area contributed by atoms with Crippen molar-refractivity contribution in [1.82, 2.24) is 14.3 Å². The van der Waals surface area contributed by atoms with Gasteiger partial charge in [-0.1, -0.05) is 65.7 Å². The molecule has 0 saturated carbocycles. The molecule has 5 rings (SSSR count). The van der Waals surface area contributed by atoms with Crippen LogP contribution >= 0.6 is 0 Å². The molecule has 0 fully saturated rings. The molecule has 0 saturated heterocycles. The summed E-state index contributed by atoms with van der Waals surface area (Å²) in [5.41, 5.74) is 12.8. The van der Waals surface area contributed by atoms with Gasteiger partial charge in [0.15, 0.2) is 5.49 Å². The number of nitrogens with one attached hydrogen (secondary N) is 1. The highest BCUT2D eigenvalue weighted by atomic mass is 15.3. The summed E-state index contributed by atoms with van der Waals surface area (Å²) in [6.45, 7) is 4.12. The second-order valence-electron chi connectivity index (χ2n) is 7.82. The monoisotopic (exact) mass is 405 g/mol. The summed E-state index contributed by atoms with van der Waals surface area (Å²) >= 11 is 0. The van der Waals surface area contributed by atoms with Crippen LogP contribution in [0.4, 0.5) is 5.82 Å². The average molecular weight is 406 g/mol. The van der Waals surface area contributed by atoms with Crippen LogP contribution in [0, 0.1) is 19.3 Å². The molecule has 0 aliphatic heterocycles. The van der Waals surface area contributed by atoms with Crippen LogP contribution in [0.1, 0.15) is 11.1 Å². The van der Waals surface area contributed by atoms with E-state index >= 15 is 0 Å². The van der Waals surface area contributed by atoms with Crippen molar-refractivity contribution in [3.05, 3.63) is 102 Å². The maximum absolute atomic E-state index is 8.93. The molecule has 152 valence electrons. The number of nitrogens with two attached hydrogens (primary N) is 1. The Kier molecular flexibility index (Phi) is 4.44. The zero-order valence-corrected chi connectivity index (χ0v) is 17.5. The standard InChI is InChI=1S/C26H23N5/c1-17-8-12-19(13-9-17)24-22-16-30(20-14-10-18(2)11-15-20)25(27)23(22)26(28)31(29-24)21-6-4-3-5-7-21/h3-16,28H,27H2,1-2H3. The van der Waals surface area contributed by atoms with E-state index in [-0.39, 0.29) is 5.49 Å². The highest BCUT2D eigenvalue weighted by Crippen LogP contribution is 2.32. The van der Waals surface area contributed by atoms with Gasteiger partial charge in [0.05, 0.1) is 11.1 Å². The number of hydrogen-bond donors (Lipinski definition) is 2. The van der Waals surface area contributed by atoms with E-state index in [2.05, 4.69) is 50.2 Å². The highest BCUT2D eigenvalue weighted by Gasteiger charge is 2.18. The Labute approximate surface area is 180 Å². The van der Waals surface area contributed by atoms with Gasteiger partial charge in [0, 0.05) is 22.8 Å². The third-order valence-electron chi connectivity index (χ3n) is 5.58. The quantitative estimate of drug-likeness (QED) is 0.435. The first kappa shape index (κ1) is 18.9. The van der Waals surface area contributed by atoms with E-state index in [1.54, 1.807) is 4.68 Å². The van der Waals surface area contributed by atoms with Gasteiger partial charge in [0.2, 0.25) is 0 Å². The minimum absolute atomic E-state index is 0.264. The van der Waals surface area contributed by atoms with Crippen LogP contribution in [-0.2, 0) is 0 Å². The van der Waals surface area contributed by atoms with Crippen LogP contribution < -0.4 is 11.2 Å². The molecule has 0 atom stereocenters. The fourth-order valence-electron chi connectivity index (χ4n) is 3.86. The Hall–Kier alpha value is -4.12. The maximum Gasteiger partial charge on any atom is 0.158 e. The number of aryl methyl sites for hydroxylation is 2. The van der Waals surface area contributed by atoms with E-state index in [1.165, 1.54) is 11.1 Å². The van der Waals surface area contributed by atoms with Crippen molar-refractivity contribution >= 4 is 16.6 Å². The van der Waals surface area contributed by atoms with E-state index in [4.69, 9.17) is 16.2 Å². The number of fused-ring (bicyclic) bond motifs is 1. The van der Waals surface area contributed by atoms with E-state index in [9.17, 15) is 0 Å². The fraction of sp³-hybridized carbons (Fsp3) is 0.0769. The first-order valence-electron chi connectivity index (χ1n) is 10.2. The summed E-state index contributed by atoms with van der Waals surface area (Å²) < 4.78 is 3.60. The second-order valence-corrected chi connectivity index (χ2v) is 7.82. The van der Waals surface area contributed by atoms with Crippen molar-refractivity contribution in [1.29, 1.82) is 5.41 Å². The minimum Gasteiger partial charge on any atom is -0.384 e. The largest absolute Gasteiger partial charge is 0.384 e. The highest BCUT2D eigenvalue weighted by molar-refractivity contribution is 6.00. The predicted molar refractivity (Wildman–Crippen MR) is 126 cm³/mol. The lowest BCUT2D eigenvalue weighted by atomic mass is 10.1. The van der Waals surface area contributed by atoms with Crippen molar-refractivity contribution < 1.29 is 0 Å². The molecule has 2 heterocycles. The van der Waals surface area contributed by atoms with E-state index in [1.807, 2.05) is 53.2 Å². The number of nitrogens with zero attached hydrogens (tertiary/aromatic N) is 3. The van der Waals surface area contributed by atoms with Crippen molar-refractivity contribution in [3.8, 4) is 22.6 Å². The molecule has 2 aromatic heterocycles. The Bertz CT molecular complexity index is 1440. The lowest BCUT2D eigenvalue weighted by Gasteiger charge is -2.11. The second kappa shape index (κ2) is 7.29. The Balaban J connectivity index is 1.86. The zero-order chi connectivity index (χ0) is 21.5. The third-order valence-corrected chi connectivity index (χ3v) is 5.58. The number of rotatable bonds is 3. The molecule has 3 N–H and O–H groups in total. The molecule has 0 bridgehead atoms. The lowest BCUT2D eigenvalue weighted by Crippen LogP contribution is -2.22. The molecular formula is C26H23N5. The first-order valence-corrected chi connectivity index (χ1v) is 10.2. The summed E-state index contributed by atoms with van der Waals surface area (Å²) in [4.78, 5) is 0. The zero-order valence-electron chi connectivity index (χ0n) is 17.5. The van der Waals surface area contributed by atoms with Gasteiger partial charge in [0.25, 0.3) is 0 Å². The Morgan fingerprint density at radius 3 is 2.03 bits per heavy atom. The van der Waals surface area contributed by atoms with Crippen LogP contribution in [0.5, 0.6) is 0 Å². The number of hydrogen-bond acceptors (Lipinski definition) is 3. The van der Waals surface area contributed by atoms with E-state index in [0.29, 0.717) is 11.2 Å². The van der Waals surface area contributed by atoms with Gasteiger partial charge in [-0.2, -0.15) is 5.10 Å². The van der Waals surface area contributed by atoms with Gasteiger partial charge >= 0.3 is 0 Å². The van der Waals surface area contributed by atoms with Crippen LogP contribution in [0.25, 0.3) is 33.4 Å². The summed E-state index contributed by atoms with van der Waals surface area (Å²) in [6, 6.07) is 26.2.